The predicted molar refractivity (Wildman–Crippen MR) is 82.7 cm³/mol. The number of hydrogen-bond acceptors (Lipinski definition) is 2. The lowest BCUT2D eigenvalue weighted by Crippen LogP contribution is -2.11. The summed E-state index contributed by atoms with van der Waals surface area (Å²) in [7, 11) is 0. The molecule has 2 nitrogen and oxygen atoms in total. The van der Waals surface area contributed by atoms with Gasteiger partial charge >= 0.3 is 0 Å². The van der Waals surface area contributed by atoms with Crippen LogP contribution in [-0.2, 0) is 0 Å². The Balaban J connectivity index is 1.96. The summed E-state index contributed by atoms with van der Waals surface area (Å²) < 4.78 is 37.8. The van der Waals surface area contributed by atoms with E-state index in [0.717, 1.165) is 22.3 Å². The molecular weight excluding hydrogens is 286 g/mol. The lowest BCUT2D eigenvalue weighted by atomic mass is 10.1. The van der Waals surface area contributed by atoms with Crippen LogP contribution in [0.4, 0.5) is 8.78 Å². The van der Waals surface area contributed by atoms with Gasteiger partial charge in [-0.3, -0.25) is 0 Å². The molecule has 0 heterocycles. The zero-order chi connectivity index (χ0) is 16.3. The Hall–Kier alpha value is -2.10. The average molecular weight is 306 g/mol. The molecule has 0 bridgehead atoms. The Morgan fingerprint density at radius 1 is 0.636 bits per heavy atom. The summed E-state index contributed by atoms with van der Waals surface area (Å²) in [4.78, 5) is 0. The van der Waals surface area contributed by atoms with Crippen LogP contribution < -0.4 is 9.47 Å². The Morgan fingerprint density at radius 3 is 1.18 bits per heavy atom. The van der Waals surface area contributed by atoms with Crippen LogP contribution in [0.2, 0.25) is 0 Å². The van der Waals surface area contributed by atoms with Gasteiger partial charge in [0.1, 0.15) is 36.3 Å². The second kappa shape index (κ2) is 6.77. The van der Waals surface area contributed by atoms with Gasteiger partial charge in [0, 0.05) is 0 Å². The topological polar surface area (TPSA) is 18.5 Å². The second-order valence-electron chi connectivity index (χ2n) is 5.43. The highest BCUT2D eigenvalue weighted by molar-refractivity contribution is 5.41. The van der Waals surface area contributed by atoms with E-state index in [-0.39, 0.29) is 11.6 Å². The summed E-state index contributed by atoms with van der Waals surface area (Å²) in [5.41, 5.74) is 3.02. The van der Waals surface area contributed by atoms with Crippen molar-refractivity contribution in [3.05, 3.63) is 58.2 Å². The van der Waals surface area contributed by atoms with Crippen LogP contribution in [-0.4, -0.2) is 13.2 Å². The summed E-state index contributed by atoms with van der Waals surface area (Å²) >= 11 is 0. The number of ether oxygens (including phenoxy) is 2. The van der Waals surface area contributed by atoms with Crippen molar-refractivity contribution in [2.24, 2.45) is 0 Å². The largest absolute Gasteiger partial charge is 0.489 e. The minimum absolute atomic E-state index is 0.267. The Kier molecular flexibility index (Phi) is 5.01. The first-order valence-electron chi connectivity index (χ1n) is 7.17. The fraction of sp³-hybridized carbons (Fsp3) is 0.333. The summed E-state index contributed by atoms with van der Waals surface area (Å²) in [5, 5.41) is 0. The molecule has 0 aromatic heterocycles. The number of hydrogen-bond donors (Lipinski definition) is 0. The molecule has 2 aromatic carbocycles. The van der Waals surface area contributed by atoms with Crippen LogP contribution >= 0.6 is 0 Å². The van der Waals surface area contributed by atoms with E-state index in [9.17, 15) is 8.78 Å². The lowest BCUT2D eigenvalue weighted by molar-refractivity contribution is 0.213. The van der Waals surface area contributed by atoms with Crippen molar-refractivity contribution in [3.63, 3.8) is 0 Å². The van der Waals surface area contributed by atoms with Gasteiger partial charge in [-0.1, -0.05) is 0 Å². The third kappa shape index (κ3) is 3.75. The Bertz CT molecular complexity index is 575. The maximum absolute atomic E-state index is 13.2. The molecule has 0 aliphatic heterocycles. The highest BCUT2D eigenvalue weighted by Crippen LogP contribution is 2.25. The first-order chi connectivity index (χ1) is 10.4. The van der Waals surface area contributed by atoms with Crippen molar-refractivity contribution in [2.45, 2.75) is 27.7 Å². The molecule has 2 aromatic rings. The third-order valence-electron chi connectivity index (χ3n) is 3.43. The molecular formula is C18H20F2O2. The normalized spacial score (nSPS) is 10.6. The van der Waals surface area contributed by atoms with Crippen molar-refractivity contribution in [1.82, 2.24) is 0 Å². The van der Waals surface area contributed by atoms with E-state index >= 15 is 0 Å². The summed E-state index contributed by atoms with van der Waals surface area (Å²) in [6.45, 7) is 7.90. The van der Waals surface area contributed by atoms with Crippen molar-refractivity contribution in [2.75, 3.05) is 13.2 Å². The molecule has 118 valence electrons. The molecule has 0 saturated carbocycles. The van der Waals surface area contributed by atoms with Crippen LogP contribution in [0.5, 0.6) is 11.5 Å². The summed E-state index contributed by atoms with van der Waals surface area (Å²) in [6, 6.07) is 5.77. The fourth-order valence-corrected chi connectivity index (χ4v) is 2.54. The Labute approximate surface area is 129 Å². The third-order valence-corrected chi connectivity index (χ3v) is 3.43. The smallest absolute Gasteiger partial charge is 0.125 e. The molecule has 0 N–H and O–H groups in total. The van der Waals surface area contributed by atoms with Crippen molar-refractivity contribution < 1.29 is 18.3 Å². The van der Waals surface area contributed by atoms with Crippen LogP contribution in [0.15, 0.2) is 24.3 Å². The monoisotopic (exact) mass is 306 g/mol. The molecule has 0 spiro atoms. The van der Waals surface area contributed by atoms with E-state index in [1.54, 1.807) is 27.7 Å². The molecule has 22 heavy (non-hydrogen) atoms. The van der Waals surface area contributed by atoms with Gasteiger partial charge in [-0.25, -0.2) is 8.78 Å². The molecule has 0 aliphatic rings. The number of benzene rings is 2. The van der Waals surface area contributed by atoms with E-state index in [2.05, 4.69) is 0 Å². The van der Waals surface area contributed by atoms with Gasteiger partial charge in [0.05, 0.1) is 0 Å². The molecule has 0 unspecified atom stereocenters. The first-order valence-corrected chi connectivity index (χ1v) is 7.17. The van der Waals surface area contributed by atoms with Crippen molar-refractivity contribution >= 4 is 0 Å². The maximum atomic E-state index is 13.2. The molecule has 0 radical (unpaired) electrons. The molecule has 0 amide bonds. The molecule has 4 heteroatoms. The van der Waals surface area contributed by atoms with Crippen LogP contribution in [0.3, 0.4) is 0 Å². The molecule has 0 saturated heterocycles. The predicted octanol–water partition coefficient (Wildman–Crippen LogP) is 4.66. The van der Waals surface area contributed by atoms with E-state index in [1.807, 2.05) is 0 Å². The quantitative estimate of drug-likeness (QED) is 0.748. The number of aryl methyl sites for hydroxylation is 4. The second-order valence-corrected chi connectivity index (χ2v) is 5.43. The van der Waals surface area contributed by atoms with Gasteiger partial charge < -0.3 is 9.47 Å². The average Bonchev–Trinajstić information content (AvgIpc) is 2.38. The van der Waals surface area contributed by atoms with Gasteiger partial charge in [-0.05, 0) is 74.2 Å². The highest BCUT2D eigenvalue weighted by atomic mass is 19.1. The minimum Gasteiger partial charge on any atom is -0.489 e. The molecule has 2 rings (SSSR count). The Morgan fingerprint density at radius 2 is 0.909 bits per heavy atom. The first kappa shape index (κ1) is 16.3. The van der Waals surface area contributed by atoms with Gasteiger partial charge in [0.25, 0.3) is 0 Å². The zero-order valence-electron chi connectivity index (χ0n) is 13.3. The van der Waals surface area contributed by atoms with Crippen molar-refractivity contribution in [3.8, 4) is 11.5 Å². The van der Waals surface area contributed by atoms with Crippen LogP contribution in [0.1, 0.15) is 22.3 Å². The molecule has 0 aliphatic carbocycles. The zero-order valence-corrected chi connectivity index (χ0v) is 13.3. The van der Waals surface area contributed by atoms with Crippen LogP contribution in [0.25, 0.3) is 0 Å². The molecule has 0 atom stereocenters. The summed E-state index contributed by atoms with van der Waals surface area (Å²) in [5.74, 6) is 0.822. The van der Waals surface area contributed by atoms with E-state index in [0.29, 0.717) is 24.7 Å². The van der Waals surface area contributed by atoms with E-state index in [1.165, 1.54) is 24.3 Å². The minimum atomic E-state index is -0.267. The standard InChI is InChI=1S/C18H20F2O2/c1-11-7-15(19)8-12(2)17(11)21-5-6-22-18-13(3)9-16(20)10-14(18)4/h7-10H,5-6H2,1-4H3. The SMILES string of the molecule is Cc1cc(F)cc(C)c1OCCOc1c(C)cc(F)cc1C. The van der Waals surface area contributed by atoms with Crippen molar-refractivity contribution in [1.29, 1.82) is 0 Å². The van der Waals surface area contributed by atoms with Gasteiger partial charge in [0.15, 0.2) is 0 Å². The number of halogens is 2. The molecule has 0 fully saturated rings. The summed E-state index contributed by atoms with van der Waals surface area (Å²) in [6.07, 6.45) is 0. The van der Waals surface area contributed by atoms with Gasteiger partial charge in [0.2, 0.25) is 0 Å². The fourth-order valence-electron chi connectivity index (χ4n) is 2.54. The van der Waals surface area contributed by atoms with E-state index < -0.39 is 0 Å². The highest BCUT2D eigenvalue weighted by Gasteiger charge is 2.08. The number of rotatable bonds is 5. The van der Waals surface area contributed by atoms with Gasteiger partial charge in [-0.15, -0.1) is 0 Å². The maximum Gasteiger partial charge on any atom is 0.125 e. The lowest BCUT2D eigenvalue weighted by Gasteiger charge is -2.15. The van der Waals surface area contributed by atoms with E-state index in [4.69, 9.17) is 9.47 Å². The van der Waals surface area contributed by atoms with Crippen LogP contribution in [0, 0.1) is 39.3 Å². The van der Waals surface area contributed by atoms with Gasteiger partial charge in [-0.2, -0.15) is 0 Å².